The van der Waals surface area contributed by atoms with Gasteiger partial charge >= 0.3 is 0 Å². The third-order valence-corrected chi connectivity index (χ3v) is 7.80. The summed E-state index contributed by atoms with van der Waals surface area (Å²) in [6, 6.07) is 11.9. The lowest BCUT2D eigenvalue weighted by Crippen LogP contribution is -2.53. The summed E-state index contributed by atoms with van der Waals surface area (Å²) in [4.78, 5) is 31.0. The van der Waals surface area contributed by atoms with Crippen LogP contribution < -0.4 is 43.4 Å². The van der Waals surface area contributed by atoms with Gasteiger partial charge < -0.3 is 48.5 Å². The number of carbonyl (C=O) groups is 1. The average Bonchev–Trinajstić information content (AvgIpc) is 2.98. The van der Waals surface area contributed by atoms with E-state index >= 15 is 0 Å². The van der Waals surface area contributed by atoms with Crippen molar-refractivity contribution in [3.8, 4) is 5.75 Å². The summed E-state index contributed by atoms with van der Waals surface area (Å²) >= 11 is 0. The third-order valence-electron chi connectivity index (χ3n) is 7.80. The van der Waals surface area contributed by atoms with E-state index in [9.17, 15) is 9.90 Å². The summed E-state index contributed by atoms with van der Waals surface area (Å²) in [6.07, 6.45) is 1.70. The Morgan fingerprint density at radius 1 is 0.881 bits per heavy atom. The van der Waals surface area contributed by atoms with E-state index in [1.807, 2.05) is 24.0 Å². The van der Waals surface area contributed by atoms with Gasteiger partial charge in [0.15, 0.2) is 0 Å². The van der Waals surface area contributed by atoms with Crippen LogP contribution in [0.1, 0.15) is 28.8 Å². The fourth-order valence-electron chi connectivity index (χ4n) is 5.60. The minimum absolute atomic E-state index is 0.0942. The number of nitrogens with zero attached hydrogens (tertiary/aromatic N) is 5. The Morgan fingerprint density at radius 2 is 1.48 bits per heavy atom. The molecule has 2 aromatic carbocycles. The number of rotatable bonds is 8. The molecule has 224 valence electrons. The molecule has 1 amide bonds. The number of nitrogens with two attached hydrogens (primary N) is 4. The van der Waals surface area contributed by atoms with Crippen LogP contribution in [0.3, 0.4) is 0 Å². The molecule has 0 saturated carbocycles. The van der Waals surface area contributed by atoms with Crippen LogP contribution in [0.25, 0.3) is 0 Å². The smallest absolute Gasteiger partial charge is 0.255 e. The predicted molar refractivity (Wildman–Crippen MR) is 165 cm³/mol. The number of aryl methyl sites for hydroxylation is 1. The lowest BCUT2D eigenvalue weighted by molar-refractivity contribution is 0.102. The summed E-state index contributed by atoms with van der Waals surface area (Å²) in [6.45, 7) is 5.63. The van der Waals surface area contributed by atoms with Gasteiger partial charge in [-0.3, -0.25) is 4.79 Å². The second kappa shape index (κ2) is 12.9. The van der Waals surface area contributed by atoms with Crippen LogP contribution >= 0.6 is 0 Å². The summed E-state index contributed by atoms with van der Waals surface area (Å²) in [5.74, 6) is 1.43. The Morgan fingerprint density at radius 3 is 2.05 bits per heavy atom. The normalized spacial score (nSPS) is 22.6. The standard InChI is InChI=1S/C29H41N11O2/c1-17-2-4-20(5-3-17)26(42)35-24-7-6-23(10-25(24)41)34-27-36-28(39-13-18(11-30)8-19(12-31)14-39)38-29(37-27)40-15-21(32)9-22(33)16-40/h2-7,10,18-19,21-22,41H,8-9,11-16,30-33H2,1H3,(H,35,42)(H,34,36,37,38)/t18-,19+,21-,22+. The van der Waals surface area contributed by atoms with E-state index in [0.717, 1.165) is 18.4 Å². The number of phenols is 1. The molecule has 0 spiro atoms. The number of nitrogens with one attached hydrogen (secondary N) is 2. The van der Waals surface area contributed by atoms with Gasteiger partial charge in [0.2, 0.25) is 17.8 Å². The molecule has 13 nitrogen and oxygen atoms in total. The number of carbonyl (C=O) groups excluding carboxylic acids is 1. The van der Waals surface area contributed by atoms with Crippen molar-refractivity contribution < 1.29 is 9.90 Å². The number of aromatic nitrogens is 3. The van der Waals surface area contributed by atoms with Crippen LogP contribution in [0, 0.1) is 18.8 Å². The molecule has 42 heavy (non-hydrogen) atoms. The molecular formula is C29H41N11O2. The van der Waals surface area contributed by atoms with Gasteiger partial charge in [-0.05, 0) is 69.0 Å². The number of aromatic hydroxyl groups is 1. The fourth-order valence-corrected chi connectivity index (χ4v) is 5.60. The van der Waals surface area contributed by atoms with Crippen LogP contribution in [0.15, 0.2) is 42.5 Å². The van der Waals surface area contributed by atoms with Crippen LogP contribution in [-0.2, 0) is 0 Å². The first-order valence-corrected chi connectivity index (χ1v) is 14.4. The van der Waals surface area contributed by atoms with Gasteiger partial charge in [-0.15, -0.1) is 0 Å². The van der Waals surface area contributed by atoms with E-state index in [0.29, 0.717) is 68.4 Å². The van der Waals surface area contributed by atoms with Crippen molar-refractivity contribution in [1.29, 1.82) is 0 Å². The maximum atomic E-state index is 12.7. The minimum Gasteiger partial charge on any atom is -0.506 e. The van der Waals surface area contributed by atoms with E-state index in [1.165, 1.54) is 6.07 Å². The molecule has 4 atom stereocenters. The predicted octanol–water partition coefficient (Wildman–Crippen LogP) is 1.11. The number of benzene rings is 2. The highest BCUT2D eigenvalue weighted by Gasteiger charge is 2.30. The quantitative estimate of drug-likeness (QED) is 0.188. The Balaban J connectivity index is 1.40. The number of hydrogen-bond donors (Lipinski definition) is 7. The maximum Gasteiger partial charge on any atom is 0.255 e. The number of amides is 1. The topological polar surface area (TPSA) is 211 Å². The van der Waals surface area contributed by atoms with Crippen molar-refractivity contribution >= 4 is 35.1 Å². The van der Waals surface area contributed by atoms with Crippen molar-refractivity contribution in [3.05, 3.63) is 53.6 Å². The van der Waals surface area contributed by atoms with E-state index in [4.69, 9.17) is 37.9 Å². The van der Waals surface area contributed by atoms with Crippen molar-refractivity contribution in [2.24, 2.45) is 34.8 Å². The van der Waals surface area contributed by atoms with Crippen molar-refractivity contribution in [2.45, 2.75) is 31.8 Å². The number of hydrogen-bond acceptors (Lipinski definition) is 12. The lowest BCUT2D eigenvalue weighted by Gasteiger charge is -2.38. The molecule has 1 aromatic heterocycles. The molecule has 0 radical (unpaired) electrons. The van der Waals surface area contributed by atoms with Gasteiger partial charge in [0.05, 0.1) is 5.69 Å². The lowest BCUT2D eigenvalue weighted by atomic mass is 9.89. The maximum absolute atomic E-state index is 12.7. The average molecular weight is 576 g/mol. The van der Waals surface area contributed by atoms with Gasteiger partial charge in [-0.1, -0.05) is 17.7 Å². The fraction of sp³-hybridized carbons (Fsp3) is 0.448. The Hall–Kier alpha value is -4.04. The second-order valence-electron chi connectivity index (χ2n) is 11.4. The molecular weight excluding hydrogens is 534 g/mol. The van der Waals surface area contributed by atoms with E-state index in [2.05, 4.69) is 15.5 Å². The SMILES string of the molecule is Cc1ccc(C(=O)Nc2ccc(Nc3nc(N4C[C@H](N)C[C@H](N)C4)nc(N4C[C@H](CN)C[C@H](CN)C4)n3)cc2O)cc1. The highest BCUT2D eigenvalue weighted by molar-refractivity contribution is 6.05. The number of piperidine rings is 2. The summed E-state index contributed by atoms with van der Waals surface area (Å²) < 4.78 is 0. The Kier molecular flexibility index (Phi) is 9.02. The zero-order valence-corrected chi connectivity index (χ0v) is 23.9. The van der Waals surface area contributed by atoms with E-state index < -0.39 is 0 Å². The van der Waals surface area contributed by atoms with Gasteiger partial charge in [-0.25, -0.2) is 0 Å². The van der Waals surface area contributed by atoms with Gasteiger partial charge in [0.1, 0.15) is 5.75 Å². The molecule has 2 fully saturated rings. The van der Waals surface area contributed by atoms with E-state index in [-0.39, 0.29) is 41.3 Å². The monoisotopic (exact) mass is 575 g/mol. The zero-order chi connectivity index (χ0) is 29.8. The van der Waals surface area contributed by atoms with E-state index in [1.54, 1.807) is 24.3 Å². The number of phenolic OH excluding ortho intramolecular Hbond substituents is 1. The molecule has 3 aromatic rings. The molecule has 2 aliphatic heterocycles. The molecule has 0 aliphatic carbocycles. The van der Waals surface area contributed by atoms with Crippen LogP contribution in [0.2, 0.25) is 0 Å². The largest absolute Gasteiger partial charge is 0.506 e. The van der Waals surface area contributed by atoms with Gasteiger partial charge in [0, 0.05) is 55.6 Å². The van der Waals surface area contributed by atoms with Crippen molar-refractivity contribution in [3.63, 3.8) is 0 Å². The third kappa shape index (κ3) is 7.05. The molecule has 3 heterocycles. The summed E-state index contributed by atoms with van der Waals surface area (Å²) in [5.41, 5.74) is 27.0. The van der Waals surface area contributed by atoms with Crippen LogP contribution in [0.5, 0.6) is 5.75 Å². The van der Waals surface area contributed by atoms with Gasteiger partial charge in [-0.2, -0.15) is 15.0 Å². The molecule has 0 bridgehead atoms. The zero-order valence-electron chi connectivity index (χ0n) is 23.9. The molecule has 13 heteroatoms. The minimum atomic E-state index is -0.316. The number of anilines is 5. The summed E-state index contributed by atoms with van der Waals surface area (Å²) in [5, 5.41) is 16.7. The first kappa shape index (κ1) is 29.5. The Labute approximate surface area is 245 Å². The molecule has 5 rings (SSSR count). The van der Waals surface area contributed by atoms with Crippen LogP contribution in [0.4, 0.5) is 29.2 Å². The molecule has 2 aliphatic rings. The summed E-state index contributed by atoms with van der Waals surface area (Å²) in [7, 11) is 0. The molecule has 11 N–H and O–H groups in total. The molecule has 0 unspecified atom stereocenters. The highest BCUT2D eigenvalue weighted by atomic mass is 16.3. The first-order chi connectivity index (χ1) is 20.2. The molecule has 2 saturated heterocycles. The van der Waals surface area contributed by atoms with Crippen molar-refractivity contribution in [2.75, 3.05) is 59.7 Å². The highest BCUT2D eigenvalue weighted by Crippen LogP contribution is 2.30. The second-order valence-corrected chi connectivity index (χ2v) is 11.4. The first-order valence-electron chi connectivity index (χ1n) is 14.4. The van der Waals surface area contributed by atoms with Crippen molar-refractivity contribution in [1.82, 2.24) is 15.0 Å². The van der Waals surface area contributed by atoms with Gasteiger partial charge in [0.25, 0.3) is 5.91 Å². The van der Waals surface area contributed by atoms with Crippen LogP contribution in [-0.4, -0.2) is 77.3 Å². The Bertz CT molecular complexity index is 1360.